The molecule has 0 aliphatic carbocycles. The molecule has 0 saturated carbocycles. The second-order valence-electron chi connectivity index (χ2n) is 5.49. The first kappa shape index (κ1) is 16.1. The third-order valence-corrected chi connectivity index (χ3v) is 4.05. The van der Waals surface area contributed by atoms with Crippen LogP contribution in [-0.2, 0) is 12.8 Å². The summed E-state index contributed by atoms with van der Waals surface area (Å²) in [4.78, 5) is 3.83. The molecule has 0 atom stereocenters. The molecule has 1 N–H and O–H groups in total. The van der Waals surface area contributed by atoms with Crippen molar-refractivity contribution < 1.29 is 0 Å². The van der Waals surface area contributed by atoms with E-state index in [-0.39, 0.29) is 0 Å². The van der Waals surface area contributed by atoms with Crippen LogP contribution in [0.5, 0.6) is 0 Å². The summed E-state index contributed by atoms with van der Waals surface area (Å²) in [6.45, 7) is 4.29. The highest BCUT2D eigenvalue weighted by Gasteiger charge is 2.14. The van der Waals surface area contributed by atoms with E-state index in [1.165, 1.54) is 11.1 Å². The molecule has 0 aromatic heterocycles. The zero-order chi connectivity index (χ0) is 16.1. The second-order valence-corrected chi connectivity index (χ2v) is 5.49. The number of rotatable bonds is 4. The lowest BCUT2D eigenvalue weighted by Gasteiger charge is -2.28. The van der Waals surface area contributed by atoms with Crippen LogP contribution in [0.1, 0.15) is 25.0 Å². The second kappa shape index (κ2) is 7.12. The van der Waals surface area contributed by atoms with Crippen molar-refractivity contribution in [2.24, 2.45) is 0 Å². The van der Waals surface area contributed by atoms with E-state index in [4.69, 9.17) is 5.41 Å². The summed E-state index contributed by atoms with van der Waals surface area (Å²) in [6, 6.07) is 16.7. The van der Waals surface area contributed by atoms with Crippen LogP contribution in [-0.4, -0.2) is 20.1 Å². The van der Waals surface area contributed by atoms with Crippen molar-refractivity contribution in [2.75, 3.05) is 23.9 Å². The van der Waals surface area contributed by atoms with E-state index >= 15 is 0 Å². The first-order valence-electron chi connectivity index (χ1n) is 7.80. The molecule has 3 heteroatoms. The molecule has 2 aromatic rings. The van der Waals surface area contributed by atoms with Gasteiger partial charge in [-0.3, -0.25) is 5.41 Å². The molecule has 0 spiro atoms. The molecule has 0 saturated heterocycles. The SMILES string of the molecule is CCc1cccc(N(C)C(=N)N(C)c2cccc(CC)c2)c1. The molecule has 0 amide bonds. The number of nitrogens with one attached hydrogen (secondary N) is 1. The molecule has 0 aliphatic heterocycles. The molecule has 0 unspecified atom stereocenters. The van der Waals surface area contributed by atoms with Crippen molar-refractivity contribution in [1.82, 2.24) is 0 Å². The van der Waals surface area contributed by atoms with Crippen LogP contribution in [0.2, 0.25) is 0 Å². The maximum atomic E-state index is 8.48. The van der Waals surface area contributed by atoms with Crippen molar-refractivity contribution in [1.29, 1.82) is 5.41 Å². The fourth-order valence-electron chi connectivity index (χ4n) is 2.44. The lowest BCUT2D eigenvalue weighted by molar-refractivity contribution is 1.09. The number of aryl methyl sites for hydroxylation is 2. The van der Waals surface area contributed by atoms with Gasteiger partial charge in [0.05, 0.1) is 0 Å². The fourth-order valence-corrected chi connectivity index (χ4v) is 2.44. The lowest BCUT2D eigenvalue weighted by Crippen LogP contribution is -2.39. The smallest absolute Gasteiger partial charge is 0.202 e. The Balaban J connectivity index is 2.21. The number of anilines is 2. The summed E-state index contributed by atoms with van der Waals surface area (Å²) >= 11 is 0. The number of nitrogens with zero attached hydrogens (tertiary/aromatic N) is 2. The normalized spacial score (nSPS) is 10.4. The highest BCUT2D eigenvalue weighted by Crippen LogP contribution is 2.20. The summed E-state index contributed by atoms with van der Waals surface area (Å²) in [5.74, 6) is 0.460. The van der Waals surface area contributed by atoms with Crippen LogP contribution in [0.3, 0.4) is 0 Å². The summed E-state index contributed by atoms with van der Waals surface area (Å²) < 4.78 is 0. The van der Waals surface area contributed by atoms with Crippen molar-refractivity contribution in [3.63, 3.8) is 0 Å². The van der Waals surface area contributed by atoms with Crippen LogP contribution < -0.4 is 9.80 Å². The van der Waals surface area contributed by atoms with Gasteiger partial charge >= 0.3 is 0 Å². The van der Waals surface area contributed by atoms with Crippen molar-refractivity contribution in [3.8, 4) is 0 Å². The van der Waals surface area contributed by atoms with E-state index < -0.39 is 0 Å². The van der Waals surface area contributed by atoms with Gasteiger partial charge in [0, 0.05) is 25.5 Å². The van der Waals surface area contributed by atoms with Gasteiger partial charge in [0.15, 0.2) is 0 Å². The molecule has 3 nitrogen and oxygen atoms in total. The van der Waals surface area contributed by atoms with Gasteiger partial charge in [-0.1, -0.05) is 38.1 Å². The van der Waals surface area contributed by atoms with Gasteiger partial charge in [-0.05, 0) is 48.2 Å². The lowest BCUT2D eigenvalue weighted by atomic mass is 10.1. The van der Waals surface area contributed by atoms with Gasteiger partial charge in [-0.15, -0.1) is 0 Å². The van der Waals surface area contributed by atoms with Crippen LogP contribution >= 0.6 is 0 Å². The molecule has 0 radical (unpaired) electrons. The average molecular weight is 295 g/mol. The number of guanidine groups is 1. The standard InChI is InChI=1S/C19H25N3/c1-5-15-9-7-11-17(13-15)21(3)19(20)22(4)18-12-8-10-16(6-2)14-18/h7-14,20H,5-6H2,1-4H3. The van der Waals surface area contributed by atoms with Gasteiger partial charge in [0.2, 0.25) is 5.96 Å². The van der Waals surface area contributed by atoms with Crippen LogP contribution in [0.25, 0.3) is 0 Å². The van der Waals surface area contributed by atoms with Crippen molar-refractivity contribution in [2.45, 2.75) is 26.7 Å². The van der Waals surface area contributed by atoms with Crippen molar-refractivity contribution in [3.05, 3.63) is 59.7 Å². The summed E-state index contributed by atoms with van der Waals surface area (Å²) in [5.41, 5.74) is 4.66. The molecular weight excluding hydrogens is 270 g/mol. The van der Waals surface area contributed by atoms with E-state index in [9.17, 15) is 0 Å². The summed E-state index contributed by atoms with van der Waals surface area (Å²) in [6.07, 6.45) is 2.01. The topological polar surface area (TPSA) is 30.3 Å². The molecule has 0 heterocycles. The summed E-state index contributed by atoms with van der Waals surface area (Å²) in [5, 5.41) is 8.48. The average Bonchev–Trinajstić information content (AvgIpc) is 2.59. The monoisotopic (exact) mass is 295 g/mol. The molecule has 22 heavy (non-hydrogen) atoms. The Morgan fingerprint density at radius 1 is 0.818 bits per heavy atom. The molecule has 2 aromatic carbocycles. The molecular formula is C19H25N3. The zero-order valence-corrected chi connectivity index (χ0v) is 13.9. The van der Waals surface area contributed by atoms with E-state index in [0.717, 1.165) is 24.2 Å². The number of benzene rings is 2. The molecule has 116 valence electrons. The number of hydrogen-bond acceptors (Lipinski definition) is 1. The first-order chi connectivity index (χ1) is 10.6. The van der Waals surface area contributed by atoms with E-state index in [1.54, 1.807) is 0 Å². The van der Waals surface area contributed by atoms with Crippen LogP contribution in [0.15, 0.2) is 48.5 Å². The van der Waals surface area contributed by atoms with E-state index in [2.05, 4.69) is 50.2 Å². The van der Waals surface area contributed by atoms with Gasteiger partial charge in [0.1, 0.15) is 0 Å². The highest BCUT2D eigenvalue weighted by atomic mass is 15.3. The van der Waals surface area contributed by atoms with Crippen LogP contribution in [0, 0.1) is 5.41 Å². The van der Waals surface area contributed by atoms with Crippen molar-refractivity contribution >= 4 is 17.3 Å². The third-order valence-electron chi connectivity index (χ3n) is 4.05. The largest absolute Gasteiger partial charge is 0.316 e. The minimum atomic E-state index is 0.460. The minimum Gasteiger partial charge on any atom is -0.316 e. The highest BCUT2D eigenvalue weighted by molar-refractivity contribution is 6.04. The molecule has 2 rings (SSSR count). The van der Waals surface area contributed by atoms with Gasteiger partial charge in [0.25, 0.3) is 0 Å². The predicted molar refractivity (Wildman–Crippen MR) is 96.2 cm³/mol. The van der Waals surface area contributed by atoms with Gasteiger partial charge < -0.3 is 9.80 Å². The Morgan fingerprint density at radius 2 is 1.23 bits per heavy atom. The molecule has 0 fully saturated rings. The van der Waals surface area contributed by atoms with Gasteiger partial charge in [-0.25, -0.2) is 0 Å². The van der Waals surface area contributed by atoms with E-state index in [1.807, 2.05) is 36.0 Å². The van der Waals surface area contributed by atoms with Gasteiger partial charge in [-0.2, -0.15) is 0 Å². The Hall–Kier alpha value is -2.29. The Bertz CT molecular complexity index is 593. The molecule has 0 bridgehead atoms. The quantitative estimate of drug-likeness (QED) is 0.672. The third kappa shape index (κ3) is 3.48. The Labute approximate surface area is 133 Å². The van der Waals surface area contributed by atoms with E-state index in [0.29, 0.717) is 5.96 Å². The maximum Gasteiger partial charge on any atom is 0.202 e. The Morgan fingerprint density at radius 3 is 1.59 bits per heavy atom. The first-order valence-corrected chi connectivity index (χ1v) is 7.80. The maximum absolute atomic E-state index is 8.48. The number of hydrogen-bond donors (Lipinski definition) is 1. The zero-order valence-electron chi connectivity index (χ0n) is 13.9. The predicted octanol–water partition coefficient (Wildman–Crippen LogP) is 4.32. The Kier molecular flexibility index (Phi) is 5.21. The summed E-state index contributed by atoms with van der Waals surface area (Å²) in [7, 11) is 3.88. The van der Waals surface area contributed by atoms with Crippen LogP contribution in [0.4, 0.5) is 11.4 Å². The molecule has 0 aliphatic rings. The minimum absolute atomic E-state index is 0.460. The fraction of sp³-hybridized carbons (Fsp3) is 0.316.